The van der Waals surface area contributed by atoms with Gasteiger partial charge in [0.05, 0.1) is 5.69 Å². The maximum atomic E-state index is 12.1. The largest absolute Gasteiger partial charge is 0.476 e. The van der Waals surface area contributed by atoms with Gasteiger partial charge < -0.3 is 20.7 Å². The van der Waals surface area contributed by atoms with Crippen LogP contribution in [0.3, 0.4) is 0 Å². The molecule has 3 rings (SSSR count). The number of carbonyl (C=O) groups excluding carboxylic acids is 2. The number of hydrogen-bond donors (Lipinski definition) is 3. The van der Waals surface area contributed by atoms with Crippen LogP contribution in [-0.2, 0) is 4.79 Å². The van der Waals surface area contributed by atoms with Gasteiger partial charge in [-0.1, -0.05) is 18.2 Å². The van der Waals surface area contributed by atoms with E-state index in [0.717, 1.165) is 11.3 Å². The third-order valence-electron chi connectivity index (χ3n) is 3.79. The van der Waals surface area contributed by atoms with E-state index in [0.29, 0.717) is 17.1 Å². The van der Waals surface area contributed by atoms with Crippen molar-refractivity contribution in [2.75, 3.05) is 16.0 Å². The lowest BCUT2D eigenvalue weighted by molar-refractivity contribution is -0.129. The summed E-state index contributed by atoms with van der Waals surface area (Å²) in [7, 11) is 0. The second-order valence-corrected chi connectivity index (χ2v) is 6.17. The predicted octanol–water partition coefficient (Wildman–Crippen LogP) is 3.75. The molecule has 0 aromatic heterocycles. The third-order valence-corrected chi connectivity index (χ3v) is 3.79. The van der Waals surface area contributed by atoms with E-state index < -0.39 is 5.60 Å². The van der Waals surface area contributed by atoms with Gasteiger partial charge in [0.2, 0.25) is 0 Å². The van der Waals surface area contributed by atoms with Crippen molar-refractivity contribution in [3.8, 4) is 5.75 Å². The Hall–Kier alpha value is -3.02. The molecule has 0 atom stereocenters. The number of ether oxygens (including phenoxy) is 1. The smallest absolute Gasteiger partial charge is 0.323 e. The van der Waals surface area contributed by atoms with Crippen LogP contribution < -0.4 is 20.7 Å². The zero-order valence-electron chi connectivity index (χ0n) is 13.8. The van der Waals surface area contributed by atoms with Crippen LogP contribution in [0.4, 0.5) is 21.9 Å². The highest BCUT2D eigenvalue weighted by atomic mass is 16.5. The standard InChI is InChI=1S/C18H19N3O3/c1-11-6-4-5-7-13(11)21-17(23)19-12-8-9-15-14(10-12)20-16(22)18(2,3)24-15/h4-10H,1-3H3,(H,20,22)(H2,19,21,23). The van der Waals surface area contributed by atoms with Gasteiger partial charge in [-0.15, -0.1) is 0 Å². The number of urea groups is 1. The molecule has 0 fully saturated rings. The zero-order valence-corrected chi connectivity index (χ0v) is 13.8. The second kappa shape index (κ2) is 5.88. The fourth-order valence-corrected chi connectivity index (χ4v) is 2.39. The maximum absolute atomic E-state index is 12.1. The van der Waals surface area contributed by atoms with Crippen LogP contribution in [0.5, 0.6) is 5.75 Å². The average molecular weight is 325 g/mol. The van der Waals surface area contributed by atoms with Crippen LogP contribution in [0.25, 0.3) is 0 Å². The Bertz CT molecular complexity index is 815. The van der Waals surface area contributed by atoms with Crippen molar-refractivity contribution in [1.29, 1.82) is 0 Å². The molecular weight excluding hydrogens is 306 g/mol. The topological polar surface area (TPSA) is 79.5 Å². The van der Waals surface area contributed by atoms with Gasteiger partial charge in [-0.3, -0.25) is 4.79 Å². The summed E-state index contributed by atoms with van der Waals surface area (Å²) in [6.45, 7) is 5.32. The Balaban J connectivity index is 1.73. The number of anilines is 3. The molecule has 0 radical (unpaired) electrons. The summed E-state index contributed by atoms with van der Waals surface area (Å²) in [5.74, 6) is 0.348. The summed E-state index contributed by atoms with van der Waals surface area (Å²) >= 11 is 0. The first-order chi connectivity index (χ1) is 11.3. The molecule has 1 aliphatic rings. The molecule has 1 heterocycles. The number of fused-ring (bicyclic) bond motifs is 1. The lowest BCUT2D eigenvalue weighted by Gasteiger charge is -2.31. The van der Waals surface area contributed by atoms with E-state index in [1.807, 2.05) is 31.2 Å². The minimum absolute atomic E-state index is 0.225. The van der Waals surface area contributed by atoms with E-state index in [1.165, 1.54) is 0 Å². The molecule has 6 heteroatoms. The van der Waals surface area contributed by atoms with Gasteiger partial charge in [-0.2, -0.15) is 0 Å². The van der Waals surface area contributed by atoms with Gasteiger partial charge in [0, 0.05) is 11.4 Å². The van der Waals surface area contributed by atoms with Crippen LogP contribution in [0.2, 0.25) is 0 Å². The molecule has 124 valence electrons. The molecule has 1 aliphatic heterocycles. The molecule has 0 spiro atoms. The molecule has 3 N–H and O–H groups in total. The number of amides is 3. The summed E-state index contributed by atoms with van der Waals surface area (Å²) in [5.41, 5.74) is 1.90. The van der Waals surface area contributed by atoms with Crippen molar-refractivity contribution in [3.05, 3.63) is 48.0 Å². The Labute approximate surface area is 140 Å². The first-order valence-electron chi connectivity index (χ1n) is 7.63. The third kappa shape index (κ3) is 3.17. The quantitative estimate of drug-likeness (QED) is 0.787. The number of para-hydroxylation sites is 1. The number of nitrogens with one attached hydrogen (secondary N) is 3. The molecule has 3 amide bonds. The highest BCUT2D eigenvalue weighted by molar-refractivity contribution is 6.03. The van der Waals surface area contributed by atoms with E-state index in [2.05, 4.69) is 16.0 Å². The van der Waals surface area contributed by atoms with E-state index >= 15 is 0 Å². The Morgan fingerprint density at radius 2 is 1.88 bits per heavy atom. The van der Waals surface area contributed by atoms with Crippen molar-refractivity contribution in [2.24, 2.45) is 0 Å². The SMILES string of the molecule is Cc1ccccc1NC(=O)Nc1ccc2c(c1)NC(=O)C(C)(C)O2. The van der Waals surface area contributed by atoms with E-state index in [9.17, 15) is 9.59 Å². The Morgan fingerprint density at radius 1 is 1.12 bits per heavy atom. The summed E-state index contributed by atoms with van der Waals surface area (Å²) in [5, 5.41) is 8.33. The van der Waals surface area contributed by atoms with Crippen LogP contribution in [0, 0.1) is 6.92 Å². The van der Waals surface area contributed by atoms with Crippen molar-refractivity contribution in [1.82, 2.24) is 0 Å². The number of benzene rings is 2. The molecule has 0 aliphatic carbocycles. The van der Waals surface area contributed by atoms with Crippen LogP contribution >= 0.6 is 0 Å². The van der Waals surface area contributed by atoms with Crippen LogP contribution in [0.1, 0.15) is 19.4 Å². The van der Waals surface area contributed by atoms with Gasteiger partial charge in [-0.05, 0) is 50.6 Å². The van der Waals surface area contributed by atoms with E-state index in [1.54, 1.807) is 32.0 Å². The molecule has 0 bridgehead atoms. The predicted molar refractivity (Wildman–Crippen MR) is 93.6 cm³/mol. The fourth-order valence-electron chi connectivity index (χ4n) is 2.39. The summed E-state index contributed by atoms with van der Waals surface area (Å²) in [6.07, 6.45) is 0. The van der Waals surface area contributed by atoms with Gasteiger partial charge in [0.1, 0.15) is 5.75 Å². The number of hydrogen-bond acceptors (Lipinski definition) is 3. The van der Waals surface area contributed by atoms with Crippen LogP contribution in [0.15, 0.2) is 42.5 Å². The lowest BCUT2D eigenvalue weighted by atomic mass is 10.1. The Kier molecular flexibility index (Phi) is 3.89. The first-order valence-corrected chi connectivity index (χ1v) is 7.63. The van der Waals surface area contributed by atoms with Crippen molar-refractivity contribution in [2.45, 2.75) is 26.4 Å². The van der Waals surface area contributed by atoms with Gasteiger partial charge >= 0.3 is 6.03 Å². The fraction of sp³-hybridized carbons (Fsp3) is 0.222. The van der Waals surface area contributed by atoms with Crippen molar-refractivity contribution < 1.29 is 14.3 Å². The minimum Gasteiger partial charge on any atom is -0.476 e. The van der Waals surface area contributed by atoms with Crippen LogP contribution in [-0.4, -0.2) is 17.5 Å². The summed E-state index contributed by atoms with van der Waals surface area (Å²) < 4.78 is 5.66. The number of carbonyl (C=O) groups is 2. The number of rotatable bonds is 2. The molecule has 0 saturated carbocycles. The van der Waals surface area contributed by atoms with Gasteiger partial charge in [0.15, 0.2) is 5.60 Å². The maximum Gasteiger partial charge on any atom is 0.323 e. The first kappa shape index (κ1) is 15.9. The lowest BCUT2D eigenvalue weighted by Crippen LogP contribution is -2.45. The normalized spacial score (nSPS) is 14.9. The molecule has 0 saturated heterocycles. The van der Waals surface area contributed by atoms with Gasteiger partial charge in [-0.25, -0.2) is 4.79 Å². The van der Waals surface area contributed by atoms with Crippen molar-refractivity contribution >= 4 is 29.0 Å². The van der Waals surface area contributed by atoms with Crippen molar-refractivity contribution in [3.63, 3.8) is 0 Å². The van der Waals surface area contributed by atoms with Gasteiger partial charge in [0.25, 0.3) is 5.91 Å². The summed E-state index contributed by atoms with van der Waals surface area (Å²) in [4.78, 5) is 24.1. The molecular formula is C18H19N3O3. The molecule has 0 unspecified atom stereocenters. The summed E-state index contributed by atoms with van der Waals surface area (Å²) in [6, 6.07) is 12.3. The highest BCUT2D eigenvalue weighted by Gasteiger charge is 2.35. The van der Waals surface area contributed by atoms with E-state index in [-0.39, 0.29) is 11.9 Å². The molecule has 2 aromatic carbocycles. The van der Waals surface area contributed by atoms with E-state index in [4.69, 9.17) is 4.74 Å². The molecule has 2 aromatic rings. The Morgan fingerprint density at radius 3 is 2.62 bits per heavy atom. The average Bonchev–Trinajstić information content (AvgIpc) is 2.51. The number of aryl methyl sites for hydroxylation is 1. The molecule has 6 nitrogen and oxygen atoms in total. The highest BCUT2D eigenvalue weighted by Crippen LogP contribution is 2.35. The second-order valence-electron chi connectivity index (χ2n) is 6.17. The zero-order chi connectivity index (χ0) is 17.3. The monoisotopic (exact) mass is 325 g/mol. The minimum atomic E-state index is -0.913. The molecule has 24 heavy (non-hydrogen) atoms.